The van der Waals surface area contributed by atoms with Gasteiger partial charge in [0.25, 0.3) is 5.96 Å². The van der Waals surface area contributed by atoms with Crippen molar-refractivity contribution in [1.29, 1.82) is 0 Å². The van der Waals surface area contributed by atoms with E-state index in [1.807, 2.05) is 13.8 Å². The van der Waals surface area contributed by atoms with Gasteiger partial charge in [0.1, 0.15) is 11.7 Å². The number of nitrogens with zero attached hydrogens (tertiary/aromatic N) is 4. The van der Waals surface area contributed by atoms with E-state index < -0.39 is 11.1 Å². The molecular formula is C18H22Cl2N4O5. The minimum atomic E-state index is -0.812. The lowest BCUT2D eigenvalue weighted by Gasteiger charge is -2.22. The molecule has 2 saturated heterocycles. The Balaban J connectivity index is 1.68. The zero-order valence-electron chi connectivity index (χ0n) is 16.1. The number of hydrazone groups is 1. The monoisotopic (exact) mass is 444 g/mol. The number of hydrogen-bond acceptors (Lipinski definition) is 5. The second kappa shape index (κ2) is 8.73. The second-order valence-corrected chi connectivity index (χ2v) is 8.45. The van der Waals surface area contributed by atoms with Crippen LogP contribution >= 0.6 is 23.2 Å². The molecule has 1 amide bonds. The van der Waals surface area contributed by atoms with Crippen LogP contribution in [-0.2, 0) is 16.1 Å². The number of halogens is 2. The molecule has 0 aromatic heterocycles. The van der Waals surface area contributed by atoms with Crippen molar-refractivity contribution < 1.29 is 19.3 Å². The van der Waals surface area contributed by atoms with Crippen molar-refractivity contribution in [3.8, 4) is 0 Å². The van der Waals surface area contributed by atoms with Gasteiger partial charge in [-0.1, -0.05) is 29.3 Å². The first-order valence-corrected chi connectivity index (χ1v) is 9.91. The first-order chi connectivity index (χ1) is 13.7. The lowest BCUT2D eigenvalue weighted by atomic mass is 9.97. The molecule has 0 N–H and O–H groups in total. The number of carbonyl (C=O) groups is 1. The van der Waals surface area contributed by atoms with Crippen LogP contribution in [-0.4, -0.2) is 58.7 Å². The molecule has 2 fully saturated rings. The number of nitro groups is 1. The molecule has 0 saturated carbocycles. The highest BCUT2D eigenvalue weighted by Gasteiger charge is 2.39. The molecule has 0 bridgehead atoms. The molecular weight excluding hydrogens is 423 g/mol. The van der Waals surface area contributed by atoms with E-state index in [1.54, 1.807) is 23.1 Å². The fourth-order valence-electron chi connectivity index (χ4n) is 3.60. The van der Waals surface area contributed by atoms with Crippen molar-refractivity contribution in [1.82, 2.24) is 9.80 Å². The first-order valence-electron chi connectivity index (χ1n) is 9.15. The molecule has 1 aromatic carbocycles. The summed E-state index contributed by atoms with van der Waals surface area (Å²) >= 11 is 12.2. The standard InChI is InChI=1S/C18H22Cl2N4O5/c1-18(2)8-12(10-29-18)9-22-6-7-23(16(22)21-24(26)27)17(25)28-11-13-14(19)4-3-5-15(13)20/h3-5,12H,6-11H2,1-2H3. The normalized spacial score (nSPS) is 22.3. The summed E-state index contributed by atoms with van der Waals surface area (Å²) in [6, 6.07) is 4.96. The average molecular weight is 445 g/mol. The van der Waals surface area contributed by atoms with E-state index >= 15 is 0 Å². The van der Waals surface area contributed by atoms with E-state index in [0.717, 1.165) is 11.3 Å². The number of rotatable bonds is 5. The third-order valence-electron chi connectivity index (χ3n) is 4.88. The van der Waals surface area contributed by atoms with Gasteiger partial charge in [0.15, 0.2) is 5.03 Å². The first kappa shape index (κ1) is 21.6. The Labute approximate surface area is 178 Å². The Morgan fingerprint density at radius 2 is 2.07 bits per heavy atom. The maximum Gasteiger partial charge on any atom is 0.417 e. The van der Waals surface area contributed by atoms with Crippen molar-refractivity contribution in [2.75, 3.05) is 26.2 Å². The van der Waals surface area contributed by atoms with Crippen molar-refractivity contribution in [3.05, 3.63) is 43.9 Å². The van der Waals surface area contributed by atoms with E-state index in [-0.39, 0.29) is 30.6 Å². The van der Waals surface area contributed by atoms with Gasteiger partial charge in [-0.3, -0.25) is 0 Å². The minimum absolute atomic E-state index is 0.0324. The zero-order chi connectivity index (χ0) is 21.2. The predicted molar refractivity (Wildman–Crippen MR) is 107 cm³/mol. The van der Waals surface area contributed by atoms with Gasteiger partial charge in [0.05, 0.1) is 18.8 Å². The van der Waals surface area contributed by atoms with Crippen LogP contribution in [0.15, 0.2) is 23.3 Å². The van der Waals surface area contributed by atoms with E-state index in [2.05, 4.69) is 5.10 Å². The molecule has 0 spiro atoms. The van der Waals surface area contributed by atoms with Crippen molar-refractivity contribution in [2.24, 2.45) is 11.0 Å². The highest BCUT2D eigenvalue weighted by molar-refractivity contribution is 6.35. The second-order valence-electron chi connectivity index (χ2n) is 7.63. The van der Waals surface area contributed by atoms with Gasteiger partial charge in [-0.2, -0.15) is 0 Å². The summed E-state index contributed by atoms with van der Waals surface area (Å²) < 4.78 is 11.0. The van der Waals surface area contributed by atoms with E-state index in [1.165, 1.54) is 0 Å². The molecule has 11 heteroatoms. The molecule has 29 heavy (non-hydrogen) atoms. The third kappa shape index (κ3) is 5.29. The molecule has 1 unspecified atom stereocenters. The maximum absolute atomic E-state index is 12.6. The molecule has 1 aromatic rings. The molecule has 2 aliphatic rings. The molecule has 158 valence electrons. The van der Waals surface area contributed by atoms with Crippen molar-refractivity contribution >= 4 is 35.3 Å². The Bertz CT molecular complexity index is 812. The quantitative estimate of drug-likeness (QED) is 0.508. The van der Waals surface area contributed by atoms with Gasteiger partial charge < -0.3 is 14.4 Å². The number of guanidine groups is 1. The summed E-state index contributed by atoms with van der Waals surface area (Å²) in [5.41, 5.74) is 0.246. The van der Waals surface area contributed by atoms with Crippen molar-refractivity contribution in [3.63, 3.8) is 0 Å². The summed E-state index contributed by atoms with van der Waals surface area (Å²) in [6.45, 7) is 5.59. The Morgan fingerprint density at radius 3 is 2.66 bits per heavy atom. The number of ether oxygens (including phenoxy) is 2. The number of carbonyl (C=O) groups excluding carboxylic acids is 1. The molecule has 2 aliphatic heterocycles. The SMILES string of the molecule is CC1(C)CC(CN2CCN(C(=O)OCc3c(Cl)cccc3Cl)C2=N[N+](=O)[O-])CO1. The van der Waals surface area contributed by atoms with Crippen LogP contribution in [0.1, 0.15) is 25.8 Å². The maximum atomic E-state index is 12.6. The third-order valence-corrected chi connectivity index (χ3v) is 5.59. The number of hydrogen-bond donors (Lipinski definition) is 0. The van der Waals surface area contributed by atoms with Crippen LogP contribution in [0.3, 0.4) is 0 Å². The summed E-state index contributed by atoms with van der Waals surface area (Å²) in [4.78, 5) is 26.5. The Morgan fingerprint density at radius 1 is 1.38 bits per heavy atom. The smallest absolute Gasteiger partial charge is 0.417 e. The summed E-state index contributed by atoms with van der Waals surface area (Å²) in [5, 5.41) is 14.4. The van der Waals surface area contributed by atoms with Crippen LogP contribution in [0.2, 0.25) is 10.0 Å². The molecule has 3 rings (SSSR count). The van der Waals surface area contributed by atoms with Gasteiger partial charge in [0, 0.05) is 34.6 Å². The molecule has 0 aliphatic carbocycles. The lowest BCUT2D eigenvalue weighted by molar-refractivity contribution is -0.486. The van der Waals surface area contributed by atoms with E-state index in [0.29, 0.717) is 35.3 Å². The van der Waals surface area contributed by atoms with Crippen LogP contribution in [0.4, 0.5) is 4.79 Å². The van der Waals surface area contributed by atoms with E-state index in [4.69, 9.17) is 32.7 Å². The number of amides is 1. The lowest BCUT2D eigenvalue weighted by Crippen LogP contribution is -2.40. The van der Waals surface area contributed by atoms with Gasteiger partial charge in [-0.15, -0.1) is 0 Å². The molecule has 2 heterocycles. The van der Waals surface area contributed by atoms with Crippen LogP contribution in [0.25, 0.3) is 0 Å². The largest absolute Gasteiger partial charge is 0.444 e. The molecule has 1 atom stereocenters. The topological polar surface area (TPSA) is 97.5 Å². The van der Waals surface area contributed by atoms with Gasteiger partial charge in [-0.25, -0.2) is 19.8 Å². The van der Waals surface area contributed by atoms with Crippen molar-refractivity contribution in [2.45, 2.75) is 32.5 Å². The summed E-state index contributed by atoms with van der Waals surface area (Å²) in [7, 11) is 0. The van der Waals surface area contributed by atoms with Gasteiger partial charge in [-0.05, 0) is 32.4 Å². The van der Waals surface area contributed by atoms with Crippen LogP contribution in [0.5, 0.6) is 0 Å². The Hall–Kier alpha value is -2.10. The molecule has 9 nitrogen and oxygen atoms in total. The summed E-state index contributed by atoms with van der Waals surface area (Å²) in [6.07, 6.45) is 0.0807. The highest BCUT2D eigenvalue weighted by Crippen LogP contribution is 2.30. The minimum Gasteiger partial charge on any atom is -0.444 e. The fourth-order valence-corrected chi connectivity index (χ4v) is 4.10. The summed E-state index contributed by atoms with van der Waals surface area (Å²) in [5.74, 6) is 0.162. The van der Waals surface area contributed by atoms with Crippen LogP contribution in [0, 0.1) is 16.0 Å². The Kier molecular flexibility index (Phi) is 6.50. The van der Waals surface area contributed by atoms with E-state index in [9.17, 15) is 14.9 Å². The van der Waals surface area contributed by atoms with Gasteiger partial charge >= 0.3 is 6.09 Å². The zero-order valence-corrected chi connectivity index (χ0v) is 17.6. The predicted octanol–water partition coefficient (Wildman–Crippen LogP) is 3.61. The molecule has 0 radical (unpaired) electrons. The average Bonchev–Trinajstić information content (AvgIpc) is 3.17. The van der Waals surface area contributed by atoms with Gasteiger partial charge in [0.2, 0.25) is 0 Å². The van der Waals surface area contributed by atoms with Crippen LogP contribution < -0.4 is 0 Å². The number of benzene rings is 1. The highest BCUT2D eigenvalue weighted by atomic mass is 35.5. The fraction of sp³-hybridized carbons (Fsp3) is 0.556.